The van der Waals surface area contributed by atoms with Gasteiger partial charge in [0.1, 0.15) is 0 Å². The van der Waals surface area contributed by atoms with Crippen molar-refractivity contribution < 1.29 is 9.90 Å². The zero-order valence-corrected chi connectivity index (χ0v) is 10.7. The average Bonchev–Trinajstić information content (AvgIpc) is 2.16. The summed E-state index contributed by atoms with van der Waals surface area (Å²) in [6, 6.07) is 6.66. The molecule has 0 radical (unpaired) electrons. The van der Waals surface area contributed by atoms with Gasteiger partial charge in [0.25, 0.3) is 5.91 Å². The molecule has 0 spiro atoms. The lowest BCUT2D eigenvalue weighted by molar-refractivity contribution is -0.00292. The standard InChI is InChI=1S/C13H20N2O2/c1-12(2,13(3,4)17)15-11(16)9-5-7-10(14)8-6-9/h5-8,17H,14H2,1-4H3,(H,15,16). The third-order valence-corrected chi connectivity index (χ3v) is 3.13. The Kier molecular flexibility index (Phi) is 3.48. The third-order valence-electron chi connectivity index (χ3n) is 3.13. The fourth-order valence-corrected chi connectivity index (χ4v) is 1.14. The second kappa shape index (κ2) is 4.37. The Hall–Kier alpha value is -1.55. The second-order valence-electron chi connectivity index (χ2n) is 5.26. The lowest BCUT2D eigenvalue weighted by Gasteiger charge is -2.38. The van der Waals surface area contributed by atoms with Gasteiger partial charge >= 0.3 is 0 Å². The minimum atomic E-state index is -1.00. The van der Waals surface area contributed by atoms with E-state index in [2.05, 4.69) is 5.32 Å². The van der Waals surface area contributed by atoms with Crippen LogP contribution in [-0.2, 0) is 0 Å². The van der Waals surface area contributed by atoms with Crippen molar-refractivity contribution in [3.8, 4) is 0 Å². The van der Waals surface area contributed by atoms with Crippen LogP contribution >= 0.6 is 0 Å². The molecule has 4 N–H and O–H groups in total. The highest BCUT2D eigenvalue weighted by Crippen LogP contribution is 2.21. The molecule has 1 amide bonds. The van der Waals surface area contributed by atoms with Gasteiger partial charge in [-0.25, -0.2) is 0 Å². The highest BCUT2D eigenvalue weighted by Gasteiger charge is 2.36. The molecule has 0 fully saturated rings. The fraction of sp³-hybridized carbons (Fsp3) is 0.462. The van der Waals surface area contributed by atoms with E-state index < -0.39 is 11.1 Å². The second-order valence-corrected chi connectivity index (χ2v) is 5.26. The molecule has 0 bridgehead atoms. The summed E-state index contributed by atoms with van der Waals surface area (Å²) in [6.07, 6.45) is 0. The topological polar surface area (TPSA) is 75.3 Å². The SMILES string of the molecule is CC(C)(O)C(C)(C)NC(=O)c1ccc(N)cc1. The number of nitrogens with two attached hydrogens (primary N) is 1. The van der Waals surface area contributed by atoms with Crippen LogP contribution in [0.1, 0.15) is 38.1 Å². The molecule has 0 aliphatic carbocycles. The van der Waals surface area contributed by atoms with E-state index in [0.717, 1.165) is 0 Å². The number of carbonyl (C=O) groups excluding carboxylic acids is 1. The molecule has 0 atom stereocenters. The number of amides is 1. The van der Waals surface area contributed by atoms with Gasteiger partial charge in [-0.3, -0.25) is 4.79 Å². The molecule has 94 valence electrons. The van der Waals surface area contributed by atoms with Crippen LogP contribution < -0.4 is 11.1 Å². The molecule has 0 unspecified atom stereocenters. The van der Waals surface area contributed by atoms with Crippen molar-refractivity contribution in [2.45, 2.75) is 38.8 Å². The van der Waals surface area contributed by atoms with E-state index in [1.54, 1.807) is 52.0 Å². The van der Waals surface area contributed by atoms with E-state index in [-0.39, 0.29) is 5.91 Å². The van der Waals surface area contributed by atoms with Gasteiger partial charge in [0.15, 0.2) is 0 Å². The first-order chi connectivity index (χ1) is 7.63. The van der Waals surface area contributed by atoms with Crippen LogP contribution in [-0.4, -0.2) is 22.2 Å². The number of carbonyl (C=O) groups is 1. The molecule has 1 aromatic rings. The predicted octanol–water partition coefficient (Wildman–Crippen LogP) is 1.55. The zero-order chi connectivity index (χ0) is 13.3. The highest BCUT2D eigenvalue weighted by atomic mass is 16.3. The Morgan fingerprint density at radius 3 is 2.06 bits per heavy atom. The van der Waals surface area contributed by atoms with Gasteiger partial charge in [-0.15, -0.1) is 0 Å². The van der Waals surface area contributed by atoms with Gasteiger partial charge in [0, 0.05) is 11.3 Å². The van der Waals surface area contributed by atoms with Gasteiger partial charge < -0.3 is 16.2 Å². The number of hydrogen-bond donors (Lipinski definition) is 3. The maximum absolute atomic E-state index is 12.0. The first kappa shape index (κ1) is 13.5. The Morgan fingerprint density at radius 1 is 1.18 bits per heavy atom. The normalized spacial score (nSPS) is 12.3. The summed E-state index contributed by atoms with van der Waals surface area (Å²) in [4.78, 5) is 12.0. The van der Waals surface area contributed by atoms with Crippen molar-refractivity contribution in [1.29, 1.82) is 0 Å². The van der Waals surface area contributed by atoms with E-state index in [1.165, 1.54) is 0 Å². The van der Waals surface area contributed by atoms with Crippen molar-refractivity contribution in [3.63, 3.8) is 0 Å². The molecule has 0 aliphatic heterocycles. The first-order valence-electron chi connectivity index (χ1n) is 5.54. The van der Waals surface area contributed by atoms with E-state index >= 15 is 0 Å². The van der Waals surface area contributed by atoms with Gasteiger partial charge in [-0.1, -0.05) is 0 Å². The quantitative estimate of drug-likeness (QED) is 0.697. The maximum Gasteiger partial charge on any atom is 0.251 e. The molecule has 0 saturated carbocycles. The van der Waals surface area contributed by atoms with Gasteiger partial charge in [0.2, 0.25) is 0 Å². The Labute approximate surface area is 102 Å². The summed E-state index contributed by atoms with van der Waals surface area (Å²) in [5.74, 6) is -0.225. The highest BCUT2D eigenvalue weighted by molar-refractivity contribution is 5.95. The Morgan fingerprint density at radius 2 is 1.65 bits per heavy atom. The summed E-state index contributed by atoms with van der Waals surface area (Å²) in [6.45, 7) is 6.89. The molecular weight excluding hydrogens is 216 g/mol. The Balaban J connectivity index is 2.83. The Bertz CT molecular complexity index is 402. The smallest absolute Gasteiger partial charge is 0.251 e. The van der Waals surface area contributed by atoms with E-state index in [4.69, 9.17) is 5.73 Å². The first-order valence-corrected chi connectivity index (χ1v) is 5.54. The minimum absolute atomic E-state index is 0.225. The van der Waals surface area contributed by atoms with Gasteiger partial charge in [0.05, 0.1) is 11.1 Å². The number of hydrogen-bond acceptors (Lipinski definition) is 3. The number of nitrogen functional groups attached to an aromatic ring is 1. The zero-order valence-electron chi connectivity index (χ0n) is 10.7. The molecule has 0 heterocycles. The summed E-state index contributed by atoms with van der Waals surface area (Å²) < 4.78 is 0. The molecule has 1 rings (SSSR count). The molecule has 4 heteroatoms. The van der Waals surface area contributed by atoms with Crippen LogP contribution in [0.4, 0.5) is 5.69 Å². The summed E-state index contributed by atoms with van der Waals surface area (Å²) in [5.41, 5.74) is 4.97. The molecular formula is C13H20N2O2. The van der Waals surface area contributed by atoms with Crippen molar-refractivity contribution in [2.24, 2.45) is 0 Å². The average molecular weight is 236 g/mol. The number of rotatable bonds is 3. The van der Waals surface area contributed by atoms with E-state index in [9.17, 15) is 9.90 Å². The summed E-state index contributed by atoms with van der Waals surface area (Å²) in [7, 11) is 0. The summed E-state index contributed by atoms with van der Waals surface area (Å²) >= 11 is 0. The molecule has 0 aromatic heterocycles. The lowest BCUT2D eigenvalue weighted by atomic mass is 9.86. The third kappa shape index (κ3) is 3.20. The summed E-state index contributed by atoms with van der Waals surface area (Å²) in [5, 5.41) is 12.8. The molecule has 0 saturated heterocycles. The van der Waals surface area contributed by atoms with E-state index in [1.807, 2.05) is 0 Å². The largest absolute Gasteiger partial charge is 0.399 e. The fourth-order valence-electron chi connectivity index (χ4n) is 1.14. The molecule has 0 aliphatic rings. The monoisotopic (exact) mass is 236 g/mol. The number of anilines is 1. The maximum atomic E-state index is 12.0. The van der Waals surface area contributed by atoms with Crippen molar-refractivity contribution in [3.05, 3.63) is 29.8 Å². The van der Waals surface area contributed by atoms with Crippen molar-refractivity contribution >= 4 is 11.6 Å². The number of aliphatic hydroxyl groups is 1. The van der Waals surface area contributed by atoms with Gasteiger partial charge in [-0.2, -0.15) is 0 Å². The molecule has 17 heavy (non-hydrogen) atoms. The number of benzene rings is 1. The van der Waals surface area contributed by atoms with Crippen LogP contribution in [0.3, 0.4) is 0 Å². The van der Waals surface area contributed by atoms with Crippen LogP contribution in [0, 0.1) is 0 Å². The van der Waals surface area contributed by atoms with Crippen molar-refractivity contribution in [1.82, 2.24) is 5.32 Å². The van der Waals surface area contributed by atoms with Gasteiger partial charge in [-0.05, 0) is 52.0 Å². The molecule has 4 nitrogen and oxygen atoms in total. The van der Waals surface area contributed by atoms with Crippen LogP contribution in [0.15, 0.2) is 24.3 Å². The number of nitrogens with one attached hydrogen (secondary N) is 1. The van der Waals surface area contributed by atoms with E-state index in [0.29, 0.717) is 11.3 Å². The molecule has 1 aromatic carbocycles. The van der Waals surface area contributed by atoms with Crippen LogP contribution in [0.5, 0.6) is 0 Å². The van der Waals surface area contributed by atoms with Crippen LogP contribution in [0.2, 0.25) is 0 Å². The lowest BCUT2D eigenvalue weighted by Crippen LogP contribution is -2.57. The predicted molar refractivity (Wildman–Crippen MR) is 68.7 cm³/mol. The van der Waals surface area contributed by atoms with Crippen LogP contribution in [0.25, 0.3) is 0 Å². The van der Waals surface area contributed by atoms with Crippen molar-refractivity contribution in [2.75, 3.05) is 5.73 Å². The minimum Gasteiger partial charge on any atom is -0.399 e.